The number of hydrogen-bond donors (Lipinski definition) is 2. The molecule has 2 rings (SSSR count). The molecule has 0 saturated carbocycles. The van der Waals surface area contributed by atoms with E-state index >= 15 is 0 Å². The van der Waals surface area contributed by atoms with Gasteiger partial charge in [-0.2, -0.15) is 0 Å². The third-order valence-corrected chi connectivity index (χ3v) is 3.11. The highest BCUT2D eigenvalue weighted by Crippen LogP contribution is 2.12. The first-order chi connectivity index (χ1) is 9.75. The first-order valence-corrected chi connectivity index (χ1v) is 6.75. The van der Waals surface area contributed by atoms with Crippen molar-refractivity contribution in [1.82, 2.24) is 10.3 Å². The molecular formula is C16H21Cl2N3O. The van der Waals surface area contributed by atoms with Crippen LogP contribution in [0.15, 0.2) is 48.7 Å². The minimum atomic E-state index is 0. The predicted octanol–water partition coefficient (Wildman–Crippen LogP) is 2.80. The van der Waals surface area contributed by atoms with Gasteiger partial charge >= 0.3 is 0 Å². The molecular weight excluding hydrogens is 321 g/mol. The summed E-state index contributed by atoms with van der Waals surface area (Å²) in [4.78, 5) is 16.0. The number of nitrogens with two attached hydrogens (primary N) is 1. The minimum absolute atomic E-state index is 0. The summed E-state index contributed by atoms with van der Waals surface area (Å²) < 4.78 is 0. The number of nitrogen functional groups attached to an aromatic ring is 1. The van der Waals surface area contributed by atoms with Gasteiger partial charge < -0.3 is 11.1 Å². The van der Waals surface area contributed by atoms with Gasteiger partial charge in [0.2, 0.25) is 5.91 Å². The number of hydrogen-bond acceptors (Lipinski definition) is 3. The lowest BCUT2D eigenvalue weighted by Gasteiger charge is -2.06. The topological polar surface area (TPSA) is 68.0 Å². The zero-order chi connectivity index (χ0) is 14.2. The van der Waals surface area contributed by atoms with Crippen molar-refractivity contribution in [2.75, 3.05) is 12.3 Å². The molecule has 1 amide bonds. The van der Waals surface area contributed by atoms with E-state index in [0.29, 0.717) is 19.4 Å². The van der Waals surface area contributed by atoms with Crippen molar-refractivity contribution in [3.8, 4) is 0 Å². The fourth-order valence-corrected chi connectivity index (χ4v) is 1.97. The molecule has 22 heavy (non-hydrogen) atoms. The Bertz CT molecular complexity index is 564. The predicted molar refractivity (Wildman–Crippen MR) is 94.6 cm³/mol. The number of para-hydroxylation sites is 1. The van der Waals surface area contributed by atoms with Crippen LogP contribution in [0.3, 0.4) is 0 Å². The SMILES string of the molecule is Cl.Cl.Nc1ccccc1CCC(=O)NCCc1ccccn1. The second-order valence-electron chi connectivity index (χ2n) is 4.62. The summed E-state index contributed by atoms with van der Waals surface area (Å²) in [6.45, 7) is 0.611. The van der Waals surface area contributed by atoms with E-state index in [9.17, 15) is 4.79 Å². The number of nitrogens with one attached hydrogen (secondary N) is 1. The Labute approximate surface area is 143 Å². The number of benzene rings is 1. The van der Waals surface area contributed by atoms with Crippen LogP contribution in [-0.4, -0.2) is 17.4 Å². The lowest BCUT2D eigenvalue weighted by molar-refractivity contribution is -0.121. The van der Waals surface area contributed by atoms with Crippen molar-refractivity contribution in [2.45, 2.75) is 19.3 Å². The third kappa shape index (κ3) is 6.78. The second-order valence-corrected chi connectivity index (χ2v) is 4.62. The Morgan fingerprint density at radius 3 is 2.45 bits per heavy atom. The second kappa shape index (κ2) is 10.9. The minimum Gasteiger partial charge on any atom is -0.399 e. The smallest absolute Gasteiger partial charge is 0.220 e. The number of aromatic nitrogens is 1. The van der Waals surface area contributed by atoms with E-state index in [0.717, 1.165) is 23.4 Å². The van der Waals surface area contributed by atoms with Crippen molar-refractivity contribution in [3.05, 3.63) is 59.9 Å². The summed E-state index contributed by atoms with van der Waals surface area (Å²) in [6, 6.07) is 13.4. The zero-order valence-corrected chi connectivity index (χ0v) is 13.8. The lowest BCUT2D eigenvalue weighted by Crippen LogP contribution is -2.26. The van der Waals surface area contributed by atoms with Crippen molar-refractivity contribution in [1.29, 1.82) is 0 Å². The van der Waals surface area contributed by atoms with E-state index in [1.165, 1.54) is 0 Å². The van der Waals surface area contributed by atoms with Crippen LogP contribution in [0.1, 0.15) is 17.7 Å². The van der Waals surface area contributed by atoms with Gasteiger partial charge in [-0.3, -0.25) is 9.78 Å². The molecule has 6 heteroatoms. The van der Waals surface area contributed by atoms with Crippen LogP contribution in [0, 0.1) is 0 Å². The van der Waals surface area contributed by atoms with E-state index in [2.05, 4.69) is 10.3 Å². The van der Waals surface area contributed by atoms with Crippen molar-refractivity contribution >= 4 is 36.4 Å². The summed E-state index contributed by atoms with van der Waals surface area (Å²) in [5.74, 6) is 0.0455. The van der Waals surface area contributed by atoms with Crippen LogP contribution in [0.25, 0.3) is 0 Å². The van der Waals surface area contributed by atoms with Gasteiger partial charge in [-0.15, -0.1) is 24.8 Å². The number of carbonyl (C=O) groups is 1. The van der Waals surface area contributed by atoms with Crippen molar-refractivity contribution < 1.29 is 4.79 Å². The molecule has 120 valence electrons. The van der Waals surface area contributed by atoms with Gasteiger partial charge in [0, 0.05) is 37.0 Å². The summed E-state index contributed by atoms with van der Waals surface area (Å²) in [6.07, 6.45) is 3.63. The van der Waals surface area contributed by atoms with Gasteiger partial charge in [0.25, 0.3) is 0 Å². The molecule has 0 fully saturated rings. The Kier molecular flexibility index (Phi) is 10.00. The fourth-order valence-electron chi connectivity index (χ4n) is 1.97. The molecule has 4 nitrogen and oxygen atoms in total. The van der Waals surface area contributed by atoms with Gasteiger partial charge in [0.15, 0.2) is 0 Å². The maximum absolute atomic E-state index is 11.7. The zero-order valence-electron chi connectivity index (χ0n) is 12.2. The van der Waals surface area contributed by atoms with Crippen LogP contribution < -0.4 is 11.1 Å². The van der Waals surface area contributed by atoms with E-state index in [1.54, 1.807) is 6.20 Å². The maximum atomic E-state index is 11.7. The van der Waals surface area contributed by atoms with Crippen LogP contribution in [0.4, 0.5) is 5.69 Å². The molecule has 1 aromatic carbocycles. The Balaban J connectivity index is 0.00000220. The van der Waals surface area contributed by atoms with Gasteiger partial charge in [-0.25, -0.2) is 0 Å². The molecule has 1 aromatic heterocycles. The molecule has 0 aliphatic rings. The van der Waals surface area contributed by atoms with E-state index < -0.39 is 0 Å². The molecule has 0 aliphatic heterocycles. The van der Waals surface area contributed by atoms with Crippen LogP contribution >= 0.6 is 24.8 Å². The molecule has 0 saturated heterocycles. The summed E-state index contributed by atoms with van der Waals surface area (Å²) in [5.41, 5.74) is 8.59. The normalized spacial score (nSPS) is 9.27. The first kappa shape index (κ1) is 20.2. The maximum Gasteiger partial charge on any atom is 0.220 e. The van der Waals surface area contributed by atoms with Gasteiger partial charge in [-0.1, -0.05) is 24.3 Å². The molecule has 0 bridgehead atoms. The lowest BCUT2D eigenvalue weighted by atomic mass is 10.1. The summed E-state index contributed by atoms with van der Waals surface area (Å²) in [7, 11) is 0. The number of anilines is 1. The quantitative estimate of drug-likeness (QED) is 0.793. The highest BCUT2D eigenvalue weighted by molar-refractivity contribution is 5.85. The molecule has 0 unspecified atom stereocenters. The summed E-state index contributed by atoms with van der Waals surface area (Å²) in [5, 5.41) is 2.90. The number of nitrogens with zero attached hydrogens (tertiary/aromatic N) is 1. The number of rotatable bonds is 6. The fraction of sp³-hybridized carbons (Fsp3) is 0.250. The van der Waals surface area contributed by atoms with Crippen molar-refractivity contribution in [2.24, 2.45) is 0 Å². The number of pyridine rings is 1. The molecule has 0 aliphatic carbocycles. The average Bonchev–Trinajstić information content (AvgIpc) is 2.47. The average molecular weight is 342 g/mol. The first-order valence-electron chi connectivity index (χ1n) is 6.75. The Hall–Kier alpha value is -1.78. The van der Waals surface area contributed by atoms with Crippen LogP contribution in [0.2, 0.25) is 0 Å². The number of carbonyl (C=O) groups excluding carboxylic acids is 1. The number of aryl methyl sites for hydroxylation is 1. The van der Waals surface area contributed by atoms with Crippen molar-refractivity contribution in [3.63, 3.8) is 0 Å². The van der Waals surface area contributed by atoms with Crippen LogP contribution in [0.5, 0.6) is 0 Å². The third-order valence-electron chi connectivity index (χ3n) is 3.11. The monoisotopic (exact) mass is 341 g/mol. The molecule has 0 radical (unpaired) electrons. The molecule has 2 aromatic rings. The van der Waals surface area contributed by atoms with E-state index in [4.69, 9.17) is 5.73 Å². The van der Waals surface area contributed by atoms with E-state index in [-0.39, 0.29) is 30.7 Å². The Morgan fingerprint density at radius 1 is 1.05 bits per heavy atom. The number of halogens is 2. The van der Waals surface area contributed by atoms with Gasteiger partial charge in [0.05, 0.1) is 0 Å². The van der Waals surface area contributed by atoms with Crippen LogP contribution in [-0.2, 0) is 17.6 Å². The summed E-state index contributed by atoms with van der Waals surface area (Å²) >= 11 is 0. The Morgan fingerprint density at radius 2 is 1.77 bits per heavy atom. The molecule has 3 N–H and O–H groups in total. The highest BCUT2D eigenvalue weighted by atomic mass is 35.5. The van der Waals surface area contributed by atoms with Gasteiger partial charge in [-0.05, 0) is 30.2 Å². The molecule has 1 heterocycles. The number of amides is 1. The highest BCUT2D eigenvalue weighted by Gasteiger charge is 2.04. The van der Waals surface area contributed by atoms with Gasteiger partial charge in [0.1, 0.15) is 0 Å². The molecule has 0 spiro atoms. The standard InChI is InChI=1S/C16H19N3O.2ClH/c17-15-7-2-1-5-13(15)8-9-16(20)19-12-10-14-6-3-4-11-18-14;;/h1-7,11H,8-10,12,17H2,(H,19,20);2*1H. The largest absolute Gasteiger partial charge is 0.399 e. The molecule has 0 atom stereocenters. The van der Waals surface area contributed by atoms with E-state index in [1.807, 2.05) is 42.5 Å².